The van der Waals surface area contributed by atoms with E-state index in [4.69, 9.17) is 10.5 Å². The third kappa shape index (κ3) is 4.22. The number of amides is 1. The molecule has 10 nitrogen and oxygen atoms in total. The van der Waals surface area contributed by atoms with E-state index in [0.29, 0.717) is 29.3 Å². The van der Waals surface area contributed by atoms with Gasteiger partial charge < -0.3 is 20.9 Å². The molecule has 0 aliphatic heterocycles. The van der Waals surface area contributed by atoms with Crippen LogP contribution in [0.5, 0.6) is 5.75 Å². The minimum absolute atomic E-state index is 0.0213. The number of rotatable bonds is 8. The van der Waals surface area contributed by atoms with Crippen LogP contribution in [0.15, 0.2) is 30.5 Å². The summed E-state index contributed by atoms with van der Waals surface area (Å²) in [6.07, 6.45) is 5.92. The quantitative estimate of drug-likeness (QED) is 0.473. The summed E-state index contributed by atoms with van der Waals surface area (Å²) in [5.41, 5.74) is 7.19. The summed E-state index contributed by atoms with van der Waals surface area (Å²) in [6, 6.07) is 7.78. The van der Waals surface area contributed by atoms with E-state index < -0.39 is 5.60 Å². The Hall–Kier alpha value is -3.27. The molecule has 33 heavy (non-hydrogen) atoms. The summed E-state index contributed by atoms with van der Waals surface area (Å²) in [5.74, 6) is 1.02. The van der Waals surface area contributed by atoms with Crippen molar-refractivity contribution in [2.24, 2.45) is 17.1 Å². The number of primary amides is 1. The van der Waals surface area contributed by atoms with Crippen molar-refractivity contribution in [1.82, 2.24) is 25.0 Å². The molecule has 2 fully saturated rings. The Morgan fingerprint density at radius 2 is 2.12 bits per heavy atom. The molecular weight excluding hydrogens is 422 g/mol. The Morgan fingerprint density at radius 1 is 1.33 bits per heavy atom. The number of carbonyl (C=O) groups excluding carboxylic acids is 1. The van der Waals surface area contributed by atoms with Crippen LogP contribution < -0.4 is 15.8 Å². The zero-order valence-corrected chi connectivity index (χ0v) is 18.9. The number of aliphatic hydroxyl groups excluding tert-OH is 1. The molecule has 1 aromatic carbocycles. The molecule has 0 radical (unpaired) electrons. The van der Waals surface area contributed by atoms with E-state index in [1.165, 1.54) is 0 Å². The van der Waals surface area contributed by atoms with Gasteiger partial charge >= 0.3 is 0 Å². The minimum atomic E-state index is -0.457. The molecule has 2 aliphatic rings. The Kier molecular flexibility index (Phi) is 5.19. The van der Waals surface area contributed by atoms with Crippen molar-refractivity contribution in [1.29, 1.82) is 0 Å². The van der Waals surface area contributed by atoms with Gasteiger partial charge in [-0.05, 0) is 69.2 Å². The van der Waals surface area contributed by atoms with E-state index in [-0.39, 0.29) is 29.9 Å². The summed E-state index contributed by atoms with van der Waals surface area (Å²) < 4.78 is 7.64. The third-order valence-electron chi connectivity index (χ3n) is 6.92. The highest BCUT2D eigenvalue weighted by Gasteiger charge is 2.58. The smallest absolute Gasteiger partial charge is 0.225 e. The molecule has 4 N–H and O–H groups in total. The van der Waals surface area contributed by atoms with Crippen LogP contribution in [0.2, 0.25) is 0 Å². The number of aliphatic hydroxyl groups is 1. The second-order valence-electron chi connectivity index (χ2n) is 9.84. The highest BCUT2D eigenvalue weighted by molar-refractivity contribution is 5.77. The van der Waals surface area contributed by atoms with Crippen LogP contribution in [0.3, 0.4) is 0 Å². The molecule has 0 saturated heterocycles. The van der Waals surface area contributed by atoms with Crippen molar-refractivity contribution in [2.75, 3.05) is 11.9 Å². The molecule has 2 heterocycles. The number of anilines is 1. The zero-order chi connectivity index (χ0) is 23.2. The first-order valence-corrected chi connectivity index (χ1v) is 11.3. The maximum absolute atomic E-state index is 11.5. The molecule has 2 saturated carbocycles. The van der Waals surface area contributed by atoms with E-state index in [9.17, 15) is 9.90 Å². The van der Waals surface area contributed by atoms with Gasteiger partial charge in [0.15, 0.2) is 11.2 Å². The topological polar surface area (TPSA) is 141 Å². The largest absolute Gasteiger partial charge is 0.488 e. The number of nitrogens with one attached hydrogen (secondary N) is 1. The van der Waals surface area contributed by atoms with Crippen molar-refractivity contribution in [3.05, 3.63) is 30.5 Å². The van der Waals surface area contributed by atoms with Crippen LogP contribution in [-0.2, 0) is 4.79 Å². The van der Waals surface area contributed by atoms with Gasteiger partial charge in [-0.15, -0.1) is 5.10 Å². The fourth-order valence-corrected chi connectivity index (χ4v) is 4.88. The molecule has 2 aliphatic carbocycles. The average molecular weight is 452 g/mol. The SMILES string of the molecule is CC(C)(CCO)Oc1ccc(-n2nnc3cnc(NC4CC45CC[C@@H](C(N)=O)C5)nc32)cc1. The summed E-state index contributed by atoms with van der Waals surface area (Å²) in [6.45, 7) is 3.95. The molecule has 3 atom stereocenters. The molecule has 3 aromatic rings. The molecule has 10 heteroatoms. The van der Waals surface area contributed by atoms with Crippen LogP contribution in [0.1, 0.15) is 46.0 Å². The number of nitrogens with zero attached hydrogens (tertiary/aromatic N) is 5. The van der Waals surface area contributed by atoms with Gasteiger partial charge in [-0.25, -0.2) is 4.98 Å². The Balaban J connectivity index is 1.32. The average Bonchev–Trinajstić information content (AvgIpc) is 3.10. The van der Waals surface area contributed by atoms with Crippen molar-refractivity contribution < 1.29 is 14.6 Å². The molecule has 174 valence electrons. The lowest BCUT2D eigenvalue weighted by Crippen LogP contribution is -2.29. The van der Waals surface area contributed by atoms with Crippen LogP contribution in [-0.4, -0.2) is 54.2 Å². The summed E-state index contributed by atoms with van der Waals surface area (Å²) in [5, 5.41) is 21.1. The van der Waals surface area contributed by atoms with Crippen molar-refractivity contribution in [3.8, 4) is 11.4 Å². The first-order chi connectivity index (χ1) is 15.8. The van der Waals surface area contributed by atoms with Gasteiger partial charge in [-0.3, -0.25) is 4.79 Å². The molecule has 5 rings (SSSR count). The number of nitrogens with two attached hydrogens (primary N) is 1. The van der Waals surface area contributed by atoms with Crippen molar-refractivity contribution in [3.63, 3.8) is 0 Å². The molecule has 2 aromatic heterocycles. The van der Waals surface area contributed by atoms with Crippen LogP contribution in [0, 0.1) is 11.3 Å². The molecule has 1 spiro atoms. The second kappa shape index (κ2) is 7.95. The van der Waals surface area contributed by atoms with Crippen LogP contribution in [0.25, 0.3) is 16.9 Å². The molecular formula is C23H29N7O3. The molecule has 2 unspecified atom stereocenters. The lowest BCUT2D eigenvalue weighted by atomic mass is 10.0. The van der Waals surface area contributed by atoms with E-state index in [0.717, 1.165) is 31.4 Å². The van der Waals surface area contributed by atoms with E-state index >= 15 is 0 Å². The summed E-state index contributed by atoms with van der Waals surface area (Å²) in [7, 11) is 0. The van der Waals surface area contributed by atoms with E-state index in [1.54, 1.807) is 10.9 Å². The Bertz CT molecular complexity index is 1180. The number of carbonyl (C=O) groups is 1. The number of hydrogen-bond donors (Lipinski definition) is 3. The number of fused-ring (bicyclic) bond motifs is 1. The van der Waals surface area contributed by atoms with Gasteiger partial charge in [-0.1, -0.05) is 5.21 Å². The second-order valence-corrected chi connectivity index (χ2v) is 9.84. The first-order valence-electron chi connectivity index (χ1n) is 11.3. The highest BCUT2D eigenvalue weighted by atomic mass is 16.5. The van der Waals surface area contributed by atoms with Crippen molar-refractivity contribution in [2.45, 2.75) is 57.6 Å². The maximum Gasteiger partial charge on any atom is 0.225 e. The summed E-state index contributed by atoms with van der Waals surface area (Å²) in [4.78, 5) is 20.6. The first kappa shape index (κ1) is 21.6. The normalized spacial score (nSPS) is 24.3. The predicted octanol–water partition coefficient (Wildman–Crippen LogP) is 2.21. The van der Waals surface area contributed by atoms with Crippen LogP contribution in [0.4, 0.5) is 5.95 Å². The Labute approximate surface area is 191 Å². The van der Waals surface area contributed by atoms with Gasteiger partial charge in [0.05, 0.1) is 11.9 Å². The standard InChI is InChI=1S/C23H29N7O3/c1-22(2,9-10-31)33-16-5-3-15(4-6-16)30-20-17(28-29-30)13-25-21(27-20)26-18-12-23(18)8-7-14(11-23)19(24)32/h3-6,13-14,18,31H,7-12H2,1-2H3,(H2,24,32)(H,25,26,27)/t14-,18?,23?/m1/s1. The monoisotopic (exact) mass is 451 g/mol. The number of aromatic nitrogens is 5. The number of ether oxygens (including phenoxy) is 1. The van der Waals surface area contributed by atoms with Gasteiger partial charge in [0.2, 0.25) is 11.9 Å². The van der Waals surface area contributed by atoms with Gasteiger partial charge in [0.1, 0.15) is 11.4 Å². The van der Waals surface area contributed by atoms with Crippen LogP contribution >= 0.6 is 0 Å². The number of hydrogen-bond acceptors (Lipinski definition) is 8. The van der Waals surface area contributed by atoms with E-state index in [1.807, 2.05) is 38.1 Å². The van der Waals surface area contributed by atoms with Gasteiger partial charge in [-0.2, -0.15) is 9.67 Å². The predicted molar refractivity (Wildman–Crippen MR) is 122 cm³/mol. The maximum atomic E-state index is 11.5. The Morgan fingerprint density at radius 3 is 2.82 bits per heavy atom. The number of benzene rings is 1. The lowest BCUT2D eigenvalue weighted by Gasteiger charge is -2.25. The van der Waals surface area contributed by atoms with Gasteiger partial charge in [0, 0.05) is 25.0 Å². The van der Waals surface area contributed by atoms with Gasteiger partial charge in [0.25, 0.3) is 0 Å². The molecule has 0 bridgehead atoms. The zero-order valence-electron chi connectivity index (χ0n) is 18.9. The minimum Gasteiger partial charge on any atom is -0.488 e. The fraction of sp³-hybridized carbons (Fsp3) is 0.522. The summed E-state index contributed by atoms with van der Waals surface area (Å²) >= 11 is 0. The van der Waals surface area contributed by atoms with E-state index in [2.05, 4.69) is 25.6 Å². The lowest BCUT2D eigenvalue weighted by molar-refractivity contribution is -0.121. The third-order valence-corrected chi connectivity index (χ3v) is 6.92. The van der Waals surface area contributed by atoms with Crippen molar-refractivity contribution >= 4 is 23.0 Å². The highest BCUT2D eigenvalue weighted by Crippen LogP contribution is 2.60. The fourth-order valence-electron chi connectivity index (χ4n) is 4.88. The molecule has 1 amide bonds.